The Labute approximate surface area is 287 Å². The highest BCUT2D eigenvalue weighted by atomic mass is 16.6. The van der Waals surface area contributed by atoms with Crippen LogP contribution in [0, 0.1) is 11.8 Å². The summed E-state index contributed by atoms with van der Waals surface area (Å²) in [6.45, 7) is 11.7. The minimum absolute atomic E-state index is 0.0163. The smallest absolute Gasteiger partial charge is 0.410 e. The Morgan fingerprint density at radius 3 is 1.86 bits per heavy atom. The first-order valence-corrected chi connectivity index (χ1v) is 17.7. The lowest BCUT2D eigenvalue weighted by molar-refractivity contribution is 0.0157. The number of carbonyl (C=O) groups is 1. The predicted octanol–water partition coefficient (Wildman–Crippen LogP) is 6.26. The van der Waals surface area contributed by atoms with Crippen LogP contribution in [0.15, 0.2) is 88.5 Å². The molecule has 2 aromatic heterocycles. The van der Waals surface area contributed by atoms with Gasteiger partial charge in [0.05, 0.1) is 22.1 Å². The maximum atomic E-state index is 12.3. The van der Waals surface area contributed by atoms with Crippen LogP contribution in [-0.4, -0.2) is 73.3 Å². The summed E-state index contributed by atoms with van der Waals surface area (Å²) in [6, 6.07) is 26.3. The second-order valence-electron chi connectivity index (χ2n) is 14.6. The molecule has 10 nitrogen and oxygen atoms in total. The van der Waals surface area contributed by atoms with E-state index in [1.807, 2.05) is 73.9 Å². The number of piperidine rings is 2. The molecule has 49 heavy (non-hydrogen) atoms. The third-order valence-electron chi connectivity index (χ3n) is 9.58. The first-order valence-electron chi connectivity index (χ1n) is 17.7. The number of fused-ring (bicyclic) bond motifs is 2. The fraction of sp³-hybridized carbons (Fsp3) is 0.462. The number of hydrogen-bond donors (Lipinski definition) is 2. The summed E-state index contributed by atoms with van der Waals surface area (Å²) in [5.74, 6) is 0.796. The van der Waals surface area contributed by atoms with Gasteiger partial charge in [0.15, 0.2) is 0 Å². The summed E-state index contributed by atoms with van der Waals surface area (Å²) in [6.07, 6.45) is 5.19. The molecular weight excluding hydrogens is 616 g/mol. The molecule has 260 valence electrons. The summed E-state index contributed by atoms with van der Waals surface area (Å²) < 4.78 is 9.16. The summed E-state index contributed by atoms with van der Waals surface area (Å²) in [7, 11) is 0. The molecule has 0 radical (unpaired) electrons. The molecule has 4 heterocycles. The average molecular weight is 667 g/mol. The third kappa shape index (κ3) is 8.92. The molecule has 5 aromatic rings. The second-order valence-corrected chi connectivity index (χ2v) is 14.6. The van der Waals surface area contributed by atoms with E-state index in [0.29, 0.717) is 25.6 Å². The highest BCUT2D eigenvalue weighted by molar-refractivity contribution is 5.75. The largest absolute Gasteiger partial charge is 0.444 e. The first-order chi connectivity index (χ1) is 23.6. The van der Waals surface area contributed by atoms with Crippen molar-refractivity contribution in [3.63, 3.8) is 0 Å². The van der Waals surface area contributed by atoms with Gasteiger partial charge < -0.3 is 24.5 Å². The summed E-state index contributed by atoms with van der Waals surface area (Å²) >= 11 is 0. The standard InChI is InChI=1S/C21H25N3O.C18H25N3O3/c25-21-22-19-10-4-5-11-20(19)24(21)16-18-9-6-13-23(15-18)14-12-17-7-2-1-3-8-17;1-18(2,3)24-17(23)20-10-6-7-13(11-20)12-21-15-9-5-4-8-14(15)19-16(21)22/h1-5,7-8,10-11,18H,6,9,12-16H2,(H,22,25);4-5,8-9,13H,6-7,10-12H2,1-3H3,(H,19,22)/t18-;13-/m11/s1. The van der Waals surface area contributed by atoms with Gasteiger partial charge in [-0.2, -0.15) is 0 Å². The Balaban J connectivity index is 0.000000170. The molecule has 2 N–H and O–H groups in total. The SMILES string of the molecule is CC(C)(C)OC(=O)N1CCC[C@@H](Cn2c(=O)[nH]c3ccccc32)C1.O=c1[nH]c2ccccc2n1C[C@@H]1CCCN(CCc2ccccc2)C1. The van der Waals surface area contributed by atoms with Gasteiger partial charge in [0.25, 0.3) is 0 Å². The highest BCUT2D eigenvalue weighted by Gasteiger charge is 2.28. The topological polar surface area (TPSA) is 108 Å². The number of carbonyl (C=O) groups excluding carboxylic acids is 1. The van der Waals surface area contributed by atoms with Crippen molar-refractivity contribution in [1.82, 2.24) is 28.9 Å². The van der Waals surface area contributed by atoms with E-state index in [1.165, 1.54) is 24.9 Å². The van der Waals surface area contributed by atoms with Gasteiger partial charge in [-0.05, 0) is 101 Å². The van der Waals surface area contributed by atoms with Crippen LogP contribution in [0.3, 0.4) is 0 Å². The summed E-state index contributed by atoms with van der Waals surface area (Å²) in [4.78, 5) is 47.0. The van der Waals surface area contributed by atoms with Crippen molar-refractivity contribution >= 4 is 28.2 Å². The number of amides is 1. The molecule has 1 amide bonds. The maximum absolute atomic E-state index is 12.3. The summed E-state index contributed by atoms with van der Waals surface area (Å²) in [5.41, 5.74) is 4.56. The van der Waals surface area contributed by atoms with Crippen molar-refractivity contribution in [2.75, 3.05) is 32.7 Å². The highest BCUT2D eigenvalue weighted by Crippen LogP contribution is 2.23. The number of likely N-dealkylation sites (tertiary alicyclic amines) is 2. The van der Waals surface area contributed by atoms with E-state index in [0.717, 1.165) is 61.0 Å². The van der Waals surface area contributed by atoms with Crippen molar-refractivity contribution < 1.29 is 9.53 Å². The molecule has 0 saturated carbocycles. The molecule has 2 aliphatic rings. The van der Waals surface area contributed by atoms with Crippen LogP contribution in [0.1, 0.15) is 52.0 Å². The number of rotatable bonds is 7. The summed E-state index contributed by atoms with van der Waals surface area (Å²) in [5, 5.41) is 0. The molecule has 3 aromatic carbocycles. The Hall–Kier alpha value is -4.57. The fourth-order valence-electron chi connectivity index (χ4n) is 7.23. The zero-order valence-corrected chi connectivity index (χ0v) is 29.1. The molecule has 2 fully saturated rings. The molecule has 2 saturated heterocycles. The van der Waals surface area contributed by atoms with Crippen LogP contribution in [0.2, 0.25) is 0 Å². The van der Waals surface area contributed by atoms with Gasteiger partial charge in [-0.3, -0.25) is 9.13 Å². The van der Waals surface area contributed by atoms with Gasteiger partial charge >= 0.3 is 17.5 Å². The van der Waals surface area contributed by atoms with E-state index >= 15 is 0 Å². The number of aromatic amines is 2. The quantitative estimate of drug-likeness (QED) is 0.213. The average Bonchev–Trinajstić information content (AvgIpc) is 3.58. The lowest BCUT2D eigenvalue weighted by atomic mass is 9.97. The van der Waals surface area contributed by atoms with Crippen LogP contribution in [0.5, 0.6) is 0 Å². The Morgan fingerprint density at radius 2 is 1.27 bits per heavy atom. The monoisotopic (exact) mass is 666 g/mol. The predicted molar refractivity (Wildman–Crippen MR) is 195 cm³/mol. The van der Waals surface area contributed by atoms with Crippen LogP contribution in [-0.2, 0) is 24.2 Å². The number of para-hydroxylation sites is 4. The van der Waals surface area contributed by atoms with Crippen LogP contribution >= 0.6 is 0 Å². The van der Waals surface area contributed by atoms with Gasteiger partial charge in [-0.15, -0.1) is 0 Å². The molecule has 0 unspecified atom stereocenters. The van der Waals surface area contributed by atoms with Crippen LogP contribution in [0.4, 0.5) is 4.79 Å². The second kappa shape index (κ2) is 15.3. The number of hydrogen-bond acceptors (Lipinski definition) is 5. The zero-order chi connectivity index (χ0) is 34.4. The molecule has 2 aliphatic heterocycles. The fourth-order valence-corrected chi connectivity index (χ4v) is 7.23. The maximum Gasteiger partial charge on any atom is 0.410 e. The zero-order valence-electron chi connectivity index (χ0n) is 29.1. The molecule has 0 bridgehead atoms. The number of benzene rings is 3. The van der Waals surface area contributed by atoms with Gasteiger partial charge in [0.2, 0.25) is 0 Å². The number of ether oxygens (including phenoxy) is 1. The van der Waals surface area contributed by atoms with Crippen molar-refractivity contribution in [1.29, 1.82) is 0 Å². The van der Waals surface area contributed by atoms with Gasteiger partial charge in [-0.25, -0.2) is 14.4 Å². The van der Waals surface area contributed by atoms with E-state index < -0.39 is 5.60 Å². The van der Waals surface area contributed by atoms with E-state index in [9.17, 15) is 14.4 Å². The van der Waals surface area contributed by atoms with E-state index in [-0.39, 0.29) is 23.4 Å². The number of H-pyrrole nitrogens is 2. The molecule has 0 spiro atoms. The lowest BCUT2D eigenvalue weighted by Gasteiger charge is -2.34. The number of aromatic nitrogens is 4. The number of nitrogens with zero attached hydrogens (tertiary/aromatic N) is 4. The number of imidazole rings is 2. The Kier molecular flexibility index (Phi) is 10.7. The third-order valence-corrected chi connectivity index (χ3v) is 9.58. The Bertz CT molecular complexity index is 1950. The van der Waals surface area contributed by atoms with Crippen molar-refractivity contribution in [2.45, 2.75) is 71.6 Å². The molecule has 2 atom stereocenters. The van der Waals surface area contributed by atoms with E-state index in [4.69, 9.17) is 4.74 Å². The van der Waals surface area contributed by atoms with E-state index in [1.54, 1.807) is 9.47 Å². The van der Waals surface area contributed by atoms with Crippen LogP contribution in [0.25, 0.3) is 22.1 Å². The minimum Gasteiger partial charge on any atom is -0.444 e. The number of nitrogens with one attached hydrogen (secondary N) is 2. The molecule has 0 aliphatic carbocycles. The van der Waals surface area contributed by atoms with Crippen molar-refractivity contribution in [3.8, 4) is 0 Å². The Morgan fingerprint density at radius 1 is 0.735 bits per heavy atom. The molecule has 7 rings (SSSR count). The van der Waals surface area contributed by atoms with Crippen molar-refractivity contribution in [2.24, 2.45) is 11.8 Å². The normalized spacial score (nSPS) is 18.7. The molecule has 10 heteroatoms. The van der Waals surface area contributed by atoms with Gasteiger partial charge in [0, 0.05) is 39.3 Å². The first kappa shape index (κ1) is 34.3. The molecular formula is C39H50N6O4. The minimum atomic E-state index is -0.488. The van der Waals surface area contributed by atoms with E-state index in [2.05, 4.69) is 45.2 Å². The van der Waals surface area contributed by atoms with Gasteiger partial charge in [-0.1, -0.05) is 54.6 Å². The van der Waals surface area contributed by atoms with Crippen molar-refractivity contribution in [3.05, 3.63) is 105 Å². The van der Waals surface area contributed by atoms with Crippen LogP contribution < -0.4 is 11.4 Å². The van der Waals surface area contributed by atoms with Gasteiger partial charge in [0.1, 0.15) is 5.60 Å². The lowest BCUT2D eigenvalue weighted by Crippen LogP contribution is -2.44.